The molecular weight excluding hydrogens is 96.0 g/mol. The van der Waals surface area contributed by atoms with E-state index in [1.54, 1.807) is 7.05 Å². The summed E-state index contributed by atoms with van der Waals surface area (Å²) in [5, 5.41) is 19.0. The number of nitrogens with one attached hydrogen (secondary N) is 1. The quantitative estimate of drug-likeness (QED) is 0.416. The van der Waals surface area contributed by atoms with Crippen molar-refractivity contribution in [2.45, 2.75) is 0 Å². The van der Waals surface area contributed by atoms with Gasteiger partial charge in [-0.05, 0) is 7.05 Å². The highest BCUT2D eigenvalue weighted by Crippen LogP contribution is 1.65. The van der Waals surface area contributed by atoms with Crippen LogP contribution in [0.25, 0.3) is 0 Å². The molecule has 0 fully saturated rings. The van der Waals surface area contributed by atoms with Gasteiger partial charge < -0.3 is 5.32 Å². The first-order chi connectivity index (χ1) is 3.27. The Morgan fingerprint density at radius 3 is 2.29 bits per heavy atom. The summed E-state index contributed by atoms with van der Waals surface area (Å²) < 4.78 is 0. The number of likely N-dealkylation sites (N-methyl/N-ethyl adjacent to an activating group) is 1. The van der Waals surface area contributed by atoms with Crippen LogP contribution in [0, 0.1) is 0 Å². The normalized spacial score (nSPS) is 10.3. The SMILES string of the molecule is CNCCN(O)O. The third kappa shape index (κ3) is 5.84. The van der Waals surface area contributed by atoms with E-state index in [0.29, 0.717) is 6.54 Å². The molecule has 0 radical (unpaired) electrons. The molecule has 0 bridgehead atoms. The van der Waals surface area contributed by atoms with Gasteiger partial charge in [0.15, 0.2) is 0 Å². The molecule has 0 aliphatic carbocycles. The van der Waals surface area contributed by atoms with E-state index in [4.69, 9.17) is 10.4 Å². The molecule has 0 aliphatic rings. The summed E-state index contributed by atoms with van der Waals surface area (Å²) in [6.45, 7) is 0.809. The fourth-order valence-electron chi connectivity index (χ4n) is 0.212. The highest BCUT2D eigenvalue weighted by molar-refractivity contribution is 4.34. The number of hydrogen-bond donors (Lipinski definition) is 3. The van der Waals surface area contributed by atoms with Crippen LogP contribution in [-0.4, -0.2) is 35.8 Å². The van der Waals surface area contributed by atoms with Crippen LogP contribution in [0.2, 0.25) is 0 Å². The summed E-state index contributed by atoms with van der Waals surface area (Å²) in [6.07, 6.45) is 0. The van der Waals surface area contributed by atoms with Crippen molar-refractivity contribution < 1.29 is 10.4 Å². The van der Waals surface area contributed by atoms with E-state index in [2.05, 4.69) is 5.32 Å². The van der Waals surface area contributed by atoms with Gasteiger partial charge in [-0.15, -0.1) is 0 Å². The lowest BCUT2D eigenvalue weighted by molar-refractivity contribution is -0.305. The van der Waals surface area contributed by atoms with E-state index >= 15 is 0 Å². The lowest BCUT2D eigenvalue weighted by Crippen LogP contribution is -2.24. The molecule has 0 atom stereocenters. The van der Waals surface area contributed by atoms with E-state index < -0.39 is 0 Å². The van der Waals surface area contributed by atoms with Crippen molar-refractivity contribution in [3.63, 3.8) is 0 Å². The van der Waals surface area contributed by atoms with Crippen LogP contribution < -0.4 is 5.32 Å². The van der Waals surface area contributed by atoms with Crippen LogP contribution in [-0.2, 0) is 0 Å². The zero-order valence-electron chi connectivity index (χ0n) is 4.26. The summed E-state index contributed by atoms with van der Waals surface area (Å²) in [5.41, 5.74) is 0. The van der Waals surface area contributed by atoms with Crippen molar-refractivity contribution in [1.29, 1.82) is 0 Å². The minimum absolute atomic E-state index is 0.149. The molecule has 4 nitrogen and oxygen atoms in total. The fraction of sp³-hybridized carbons (Fsp3) is 1.00. The second kappa shape index (κ2) is 4.01. The van der Waals surface area contributed by atoms with Crippen LogP contribution in [0.5, 0.6) is 0 Å². The van der Waals surface area contributed by atoms with Gasteiger partial charge in [0.05, 0.1) is 6.54 Å². The molecule has 0 rings (SSSR count). The predicted molar refractivity (Wildman–Crippen MR) is 24.2 cm³/mol. The predicted octanol–water partition coefficient (Wildman–Crippen LogP) is -0.714. The van der Waals surface area contributed by atoms with Crippen LogP contribution >= 0.6 is 0 Å². The van der Waals surface area contributed by atoms with Crippen LogP contribution in [0.15, 0.2) is 0 Å². The van der Waals surface area contributed by atoms with Gasteiger partial charge in [0.1, 0.15) is 0 Å². The topological polar surface area (TPSA) is 55.7 Å². The monoisotopic (exact) mass is 106 g/mol. The molecule has 0 aromatic heterocycles. The first-order valence-corrected chi connectivity index (χ1v) is 2.07. The average molecular weight is 106 g/mol. The average Bonchev–Trinajstić information content (AvgIpc) is 1.61. The summed E-state index contributed by atoms with van der Waals surface area (Å²) in [6, 6.07) is 0. The van der Waals surface area contributed by atoms with Gasteiger partial charge in [0.25, 0.3) is 0 Å². The Balaban J connectivity index is 2.68. The maximum absolute atomic E-state index is 8.03. The Bertz CT molecular complexity index is 39.9. The molecule has 0 saturated carbocycles. The zero-order chi connectivity index (χ0) is 5.70. The second-order valence-corrected chi connectivity index (χ2v) is 1.20. The molecule has 0 saturated heterocycles. The molecule has 0 heterocycles. The van der Waals surface area contributed by atoms with Crippen molar-refractivity contribution in [3.8, 4) is 0 Å². The van der Waals surface area contributed by atoms with Crippen LogP contribution in [0.1, 0.15) is 0 Å². The lowest BCUT2D eigenvalue weighted by atomic mass is 10.7. The van der Waals surface area contributed by atoms with E-state index in [1.165, 1.54) is 0 Å². The Labute approximate surface area is 42.3 Å². The lowest BCUT2D eigenvalue weighted by Gasteiger charge is -2.02. The number of hydroxylamine groups is 2. The first kappa shape index (κ1) is 6.84. The fourth-order valence-corrected chi connectivity index (χ4v) is 0.212. The van der Waals surface area contributed by atoms with E-state index in [-0.39, 0.29) is 11.8 Å². The molecule has 0 aliphatic heterocycles. The largest absolute Gasteiger partial charge is 0.318 e. The summed E-state index contributed by atoms with van der Waals surface area (Å²) in [7, 11) is 1.74. The molecule has 0 spiro atoms. The molecule has 44 valence electrons. The zero-order valence-corrected chi connectivity index (χ0v) is 4.26. The Morgan fingerprint density at radius 1 is 1.57 bits per heavy atom. The minimum Gasteiger partial charge on any atom is -0.318 e. The van der Waals surface area contributed by atoms with Gasteiger partial charge in [0.2, 0.25) is 0 Å². The van der Waals surface area contributed by atoms with Crippen LogP contribution in [0.3, 0.4) is 0 Å². The minimum atomic E-state index is 0.149. The summed E-state index contributed by atoms with van der Waals surface area (Å²) in [4.78, 5) is 0. The third-order valence-corrected chi connectivity index (χ3v) is 0.562. The molecular formula is C3H10N2O2. The Morgan fingerprint density at radius 2 is 2.14 bits per heavy atom. The molecule has 0 aromatic carbocycles. The highest BCUT2D eigenvalue weighted by Gasteiger charge is 1.87. The standard InChI is InChI=1S/C3H10N2O2/c1-4-2-3-5(6)7/h4,6-7H,2-3H2,1H3. The Hall–Kier alpha value is -0.160. The van der Waals surface area contributed by atoms with Crippen molar-refractivity contribution in [1.82, 2.24) is 10.5 Å². The summed E-state index contributed by atoms with van der Waals surface area (Å²) >= 11 is 0. The number of hydrogen-bond acceptors (Lipinski definition) is 4. The van der Waals surface area contributed by atoms with Gasteiger partial charge in [-0.3, -0.25) is 10.4 Å². The van der Waals surface area contributed by atoms with E-state index in [1.807, 2.05) is 0 Å². The van der Waals surface area contributed by atoms with Crippen LogP contribution in [0.4, 0.5) is 0 Å². The third-order valence-electron chi connectivity index (χ3n) is 0.562. The highest BCUT2D eigenvalue weighted by atomic mass is 16.8. The van der Waals surface area contributed by atoms with Gasteiger partial charge in [-0.25, -0.2) is 0 Å². The van der Waals surface area contributed by atoms with E-state index in [9.17, 15) is 0 Å². The van der Waals surface area contributed by atoms with Crippen molar-refractivity contribution >= 4 is 0 Å². The van der Waals surface area contributed by atoms with Gasteiger partial charge in [-0.1, -0.05) is 5.23 Å². The van der Waals surface area contributed by atoms with E-state index in [0.717, 1.165) is 0 Å². The molecule has 4 heteroatoms. The van der Waals surface area contributed by atoms with Crippen molar-refractivity contribution in [2.24, 2.45) is 0 Å². The smallest absolute Gasteiger partial charge is 0.0637 e. The van der Waals surface area contributed by atoms with Gasteiger partial charge >= 0.3 is 0 Å². The maximum Gasteiger partial charge on any atom is 0.0637 e. The molecule has 0 unspecified atom stereocenters. The second-order valence-electron chi connectivity index (χ2n) is 1.20. The first-order valence-electron chi connectivity index (χ1n) is 2.07. The molecule has 0 amide bonds. The molecule has 0 aromatic rings. The Kier molecular flexibility index (Phi) is 3.92. The number of rotatable bonds is 3. The van der Waals surface area contributed by atoms with Gasteiger partial charge in [0, 0.05) is 6.54 Å². The maximum atomic E-state index is 8.03. The molecule has 3 N–H and O–H groups in total. The van der Waals surface area contributed by atoms with Crippen molar-refractivity contribution in [2.75, 3.05) is 20.1 Å². The number of nitrogens with zero attached hydrogens (tertiary/aromatic N) is 1. The summed E-state index contributed by atoms with van der Waals surface area (Å²) in [5.74, 6) is 0. The molecule has 7 heavy (non-hydrogen) atoms. The van der Waals surface area contributed by atoms with Gasteiger partial charge in [-0.2, -0.15) is 0 Å². The van der Waals surface area contributed by atoms with Crippen molar-refractivity contribution in [3.05, 3.63) is 0 Å².